The number of rotatable bonds is 2. The van der Waals surface area contributed by atoms with Gasteiger partial charge in [-0.25, -0.2) is 0 Å². The lowest BCUT2D eigenvalue weighted by atomic mass is 10.0. The smallest absolute Gasteiger partial charge is 0.272 e. The average molecular weight is 288 g/mol. The molecule has 1 aromatic carbocycles. The second kappa shape index (κ2) is 5.17. The lowest BCUT2D eigenvalue weighted by Crippen LogP contribution is -2.32. The SMILES string of the molecule is CC1NCCC1C(=O)Nc1cccc2c(=O)[nH][nH]c(=O)c12. The molecule has 1 fully saturated rings. The van der Waals surface area contributed by atoms with Crippen molar-refractivity contribution in [3.8, 4) is 0 Å². The third-order valence-corrected chi connectivity index (χ3v) is 3.95. The Bertz CT molecular complexity index is 808. The molecule has 1 aliphatic rings. The molecule has 2 unspecified atom stereocenters. The van der Waals surface area contributed by atoms with E-state index in [1.165, 1.54) is 0 Å². The molecule has 0 bridgehead atoms. The van der Waals surface area contributed by atoms with Crippen LogP contribution in [0.5, 0.6) is 0 Å². The van der Waals surface area contributed by atoms with Gasteiger partial charge in [0.2, 0.25) is 5.91 Å². The fourth-order valence-corrected chi connectivity index (χ4v) is 2.78. The molecule has 7 nitrogen and oxygen atoms in total. The van der Waals surface area contributed by atoms with Crippen molar-refractivity contribution in [3.05, 3.63) is 38.9 Å². The van der Waals surface area contributed by atoms with E-state index in [-0.39, 0.29) is 28.6 Å². The van der Waals surface area contributed by atoms with Crippen molar-refractivity contribution in [2.45, 2.75) is 19.4 Å². The summed E-state index contributed by atoms with van der Waals surface area (Å²) in [5.41, 5.74) is -0.460. The van der Waals surface area contributed by atoms with Crippen molar-refractivity contribution >= 4 is 22.4 Å². The van der Waals surface area contributed by atoms with Gasteiger partial charge in [-0.15, -0.1) is 0 Å². The lowest BCUT2D eigenvalue weighted by molar-refractivity contribution is -0.119. The number of benzene rings is 1. The number of fused-ring (bicyclic) bond motifs is 1. The first-order valence-electron chi connectivity index (χ1n) is 6.86. The molecule has 0 spiro atoms. The minimum atomic E-state index is -0.432. The molecule has 1 aromatic heterocycles. The van der Waals surface area contributed by atoms with Crippen molar-refractivity contribution < 1.29 is 4.79 Å². The van der Waals surface area contributed by atoms with Crippen LogP contribution in [0.4, 0.5) is 5.69 Å². The van der Waals surface area contributed by atoms with E-state index in [0.717, 1.165) is 13.0 Å². The highest BCUT2D eigenvalue weighted by Crippen LogP contribution is 2.21. The van der Waals surface area contributed by atoms with Gasteiger partial charge in [-0.2, -0.15) is 0 Å². The van der Waals surface area contributed by atoms with Crippen LogP contribution in [0.1, 0.15) is 13.3 Å². The molecule has 1 amide bonds. The number of carbonyl (C=O) groups is 1. The summed E-state index contributed by atoms with van der Waals surface area (Å²) in [6.45, 7) is 2.76. The van der Waals surface area contributed by atoms with Crippen molar-refractivity contribution in [3.63, 3.8) is 0 Å². The zero-order valence-corrected chi connectivity index (χ0v) is 11.5. The Morgan fingerprint density at radius 3 is 2.71 bits per heavy atom. The molecule has 21 heavy (non-hydrogen) atoms. The number of H-pyrrole nitrogens is 2. The third-order valence-electron chi connectivity index (χ3n) is 3.95. The fraction of sp³-hybridized carbons (Fsp3) is 0.357. The molecular weight excluding hydrogens is 272 g/mol. The van der Waals surface area contributed by atoms with Crippen molar-refractivity contribution in [1.29, 1.82) is 0 Å². The van der Waals surface area contributed by atoms with Gasteiger partial charge in [0.05, 0.1) is 22.4 Å². The van der Waals surface area contributed by atoms with Crippen molar-refractivity contribution in [2.24, 2.45) is 5.92 Å². The molecule has 2 atom stereocenters. The molecule has 0 saturated carbocycles. The maximum Gasteiger partial charge on any atom is 0.272 e. The Morgan fingerprint density at radius 1 is 1.24 bits per heavy atom. The highest BCUT2D eigenvalue weighted by atomic mass is 16.2. The summed E-state index contributed by atoms with van der Waals surface area (Å²) in [7, 11) is 0. The first-order chi connectivity index (χ1) is 10.1. The zero-order valence-electron chi connectivity index (χ0n) is 11.5. The van der Waals surface area contributed by atoms with Crippen LogP contribution in [0.3, 0.4) is 0 Å². The third kappa shape index (κ3) is 2.36. The Labute approximate surface area is 119 Å². The van der Waals surface area contributed by atoms with Gasteiger partial charge < -0.3 is 10.6 Å². The minimum absolute atomic E-state index is 0.0988. The predicted octanol–water partition coefficient (Wildman–Crippen LogP) is 0.153. The van der Waals surface area contributed by atoms with Gasteiger partial charge >= 0.3 is 0 Å². The summed E-state index contributed by atoms with van der Waals surface area (Å²) in [5, 5.41) is 11.0. The summed E-state index contributed by atoms with van der Waals surface area (Å²) >= 11 is 0. The second-order valence-electron chi connectivity index (χ2n) is 5.26. The Kier molecular flexibility index (Phi) is 3.34. The van der Waals surface area contributed by atoms with Gasteiger partial charge in [-0.05, 0) is 32.0 Å². The second-order valence-corrected chi connectivity index (χ2v) is 5.26. The molecule has 1 saturated heterocycles. The molecule has 1 aliphatic heterocycles. The highest BCUT2D eigenvalue weighted by molar-refractivity contribution is 6.02. The van der Waals surface area contributed by atoms with Gasteiger partial charge in [0.25, 0.3) is 11.1 Å². The summed E-state index contributed by atoms with van der Waals surface area (Å²) in [4.78, 5) is 36.0. The van der Waals surface area contributed by atoms with Crippen LogP contribution >= 0.6 is 0 Å². The average Bonchev–Trinajstić information content (AvgIpc) is 2.89. The first kappa shape index (κ1) is 13.6. The van der Waals surface area contributed by atoms with E-state index in [2.05, 4.69) is 20.8 Å². The van der Waals surface area contributed by atoms with Crippen LogP contribution < -0.4 is 21.8 Å². The van der Waals surface area contributed by atoms with E-state index in [4.69, 9.17) is 0 Å². The van der Waals surface area contributed by atoms with Crippen LogP contribution in [-0.2, 0) is 4.79 Å². The van der Waals surface area contributed by atoms with Crippen LogP contribution in [0, 0.1) is 5.92 Å². The first-order valence-corrected chi connectivity index (χ1v) is 6.86. The Morgan fingerprint density at radius 2 is 2.00 bits per heavy atom. The van der Waals surface area contributed by atoms with Gasteiger partial charge in [0, 0.05) is 6.04 Å². The minimum Gasteiger partial charge on any atom is -0.325 e. The topological polar surface area (TPSA) is 107 Å². The molecule has 0 aliphatic carbocycles. The number of hydrogen-bond acceptors (Lipinski definition) is 4. The van der Waals surface area contributed by atoms with E-state index in [1.807, 2.05) is 6.92 Å². The van der Waals surface area contributed by atoms with Gasteiger partial charge in [-0.3, -0.25) is 24.6 Å². The van der Waals surface area contributed by atoms with E-state index in [1.54, 1.807) is 18.2 Å². The molecule has 110 valence electrons. The molecule has 7 heteroatoms. The number of aromatic nitrogens is 2. The van der Waals surface area contributed by atoms with Crippen LogP contribution in [0.2, 0.25) is 0 Å². The van der Waals surface area contributed by atoms with Crippen LogP contribution in [0.25, 0.3) is 10.8 Å². The van der Waals surface area contributed by atoms with E-state index >= 15 is 0 Å². The van der Waals surface area contributed by atoms with Gasteiger partial charge in [-0.1, -0.05) is 6.07 Å². The maximum atomic E-state index is 12.3. The number of anilines is 1. The van der Waals surface area contributed by atoms with Crippen LogP contribution in [-0.4, -0.2) is 28.7 Å². The summed E-state index contributed by atoms with van der Waals surface area (Å²) in [5.74, 6) is -0.277. The number of aromatic amines is 2. The Hall–Kier alpha value is -2.41. The molecule has 2 heterocycles. The van der Waals surface area contributed by atoms with Gasteiger partial charge in [0.1, 0.15) is 0 Å². The summed E-state index contributed by atoms with van der Waals surface area (Å²) < 4.78 is 0. The van der Waals surface area contributed by atoms with E-state index in [0.29, 0.717) is 5.69 Å². The van der Waals surface area contributed by atoms with Crippen molar-refractivity contribution in [1.82, 2.24) is 15.5 Å². The predicted molar refractivity (Wildman–Crippen MR) is 79.4 cm³/mol. The monoisotopic (exact) mass is 288 g/mol. The summed E-state index contributed by atoms with van der Waals surface area (Å²) in [6, 6.07) is 4.92. The van der Waals surface area contributed by atoms with Crippen LogP contribution in [0.15, 0.2) is 27.8 Å². The molecule has 2 aromatic rings. The van der Waals surface area contributed by atoms with E-state index < -0.39 is 11.1 Å². The normalized spacial score (nSPS) is 21.6. The number of carbonyl (C=O) groups excluding carboxylic acids is 1. The molecule has 0 radical (unpaired) electrons. The quantitative estimate of drug-likeness (QED) is 0.631. The summed E-state index contributed by atoms with van der Waals surface area (Å²) in [6.07, 6.45) is 0.759. The molecule has 3 rings (SSSR count). The zero-order chi connectivity index (χ0) is 15.0. The molecular formula is C14H16N4O3. The van der Waals surface area contributed by atoms with Gasteiger partial charge in [0.15, 0.2) is 0 Å². The van der Waals surface area contributed by atoms with E-state index in [9.17, 15) is 14.4 Å². The Balaban J connectivity index is 2.02. The van der Waals surface area contributed by atoms with Crippen molar-refractivity contribution in [2.75, 3.05) is 11.9 Å². The standard InChI is InChI=1S/C14H16N4O3/c1-7-8(5-6-15-7)12(19)16-10-4-2-3-9-11(10)14(21)18-17-13(9)20/h2-4,7-8,15H,5-6H2,1H3,(H,16,19)(H,17,20)(H,18,21). The molecule has 4 N–H and O–H groups in total. The lowest BCUT2D eigenvalue weighted by Gasteiger charge is -2.15. The maximum absolute atomic E-state index is 12.3. The largest absolute Gasteiger partial charge is 0.325 e. The number of hydrogen-bond donors (Lipinski definition) is 4. The number of amides is 1. The highest BCUT2D eigenvalue weighted by Gasteiger charge is 2.29. The number of nitrogens with one attached hydrogen (secondary N) is 4. The fourth-order valence-electron chi connectivity index (χ4n) is 2.78.